The van der Waals surface area contributed by atoms with Gasteiger partial charge in [0.25, 0.3) is 5.78 Å². The first kappa shape index (κ1) is 49.0. The smallest absolute Gasteiger partial charge is 0.379 e. The van der Waals surface area contributed by atoms with Crippen molar-refractivity contribution in [2.45, 2.75) is 71.1 Å². The van der Waals surface area contributed by atoms with Gasteiger partial charge in [-0.25, -0.2) is 4.79 Å². The average Bonchev–Trinajstić information content (AvgIpc) is 3.18. The van der Waals surface area contributed by atoms with Crippen LogP contribution in [0, 0.1) is 0 Å². The molecule has 0 radical (unpaired) electrons. The summed E-state index contributed by atoms with van der Waals surface area (Å²) in [6.07, 6.45) is 13.4. The lowest BCUT2D eigenvalue weighted by molar-refractivity contribution is -0.139. The molecule has 0 fully saturated rings. The molecule has 0 bridgehead atoms. The zero-order valence-corrected chi connectivity index (χ0v) is 32.6. The maximum absolute atomic E-state index is 11.9. The topological polar surface area (TPSA) is 136 Å². The van der Waals surface area contributed by atoms with Crippen LogP contribution in [0.1, 0.15) is 81.5 Å². The number of ether oxygens (including phenoxy) is 11. The van der Waals surface area contributed by atoms with Gasteiger partial charge in [-0.3, -0.25) is 4.79 Å². The van der Waals surface area contributed by atoms with Gasteiger partial charge in [-0.05, 0) is 6.42 Å². The molecule has 53 heavy (non-hydrogen) atoms. The number of esters is 1. The van der Waals surface area contributed by atoms with E-state index in [9.17, 15) is 9.59 Å². The highest BCUT2D eigenvalue weighted by atomic mass is 16.6. The fourth-order valence-corrected chi connectivity index (χ4v) is 4.74. The fraction of sp³-hybridized carbons (Fsp3) is 0.800. The van der Waals surface area contributed by atoms with Crippen LogP contribution in [0.3, 0.4) is 0 Å². The van der Waals surface area contributed by atoms with Crippen LogP contribution in [0.25, 0.3) is 0 Å². The maximum Gasteiger partial charge on any atom is 0.379 e. The normalized spacial score (nSPS) is 11.3. The Kier molecular flexibility index (Phi) is 38.0. The molecule has 0 atom stereocenters. The predicted octanol–water partition coefficient (Wildman–Crippen LogP) is 5.50. The molecule has 0 heterocycles. The van der Waals surface area contributed by atoms with Crippen LogP contribution in [0.2, 0.25) is 0 Å². The number of benzene rings is 1. The monoisotopic (exact) mass is 758 g/mol. The van der Waals surface area contributed by atoms with E-state index in [0.717, 1.165) is 13.0 Å². The molecule has 0 unspecified atom stereocenters. The highest BCUT2D eigenvalue weighted by molar-refractivity contribution is 6.40. The van der Waals surface area contributed by atoms with Crippen molar-refractivity contribution < 1.29 is 61.7 Å². The number of Topliss-reactive ketones (excluding diaryl/α,β-unsaturated/α-hetero) is 1. The summed E-state index contributed by atoms with van der Waals surface area (Å²) in [6, 6.07) is 8.27. The summed E-state index contributed by atoms with van der Waals surface area (Å²) in [5.41, 5.74) is 0.298. The van der Waals surface area contributed by atoms with Gasteiger partial charge in [0.05, 0.1) is 126 Å². The second kappa shape index (κ2) is 41.1. The van der Waals surface area contributed by atoms with Gasteiger partial charge in [0.1, 0.15) is 6.61 Å². The number of unbranched alkanes of at least 4 members (excludes halogenated alkanes) is 9. The third-order valence-electron chi connectivity index (χ3n) is 7.67. The molecule has 0 saturated heterocycles. The van der Waals surface area contributed by atoms with E-state index in [0.29, 0.717) is 124 Å². The molecule has 13 heteroatoms. The summed E-state index contributed by atoms with van der Waals surface area (Å²) in [5, 5.41) is 0. The van der Waals surface area contributed by atoms with E-state index in [-0.39, 0.29) is 13.2 Å². The van der Waals surface area contributed by atoms with E-state index < -0.39 is 11.8 Å². The third kappa shape index (κ3) is 35.4. The quantitative estimate of drug-likeness (QED) is 0.0360. The predicted molar refractivity (Wildman–Crippen MR) is 202 cm³/mol. The average molecular weight is 759 g/mol. The third-order valence-corrected chi connectivity index (χ3v) is 7.67. The Bertz CT molecular complexity index is 906. The van der Waals surface area contributed by atoms with E-state index in [4.69, 9.17) is 52.1 Å². The molecule has 0 spiro atoms. The van der Waals surface area contributed by atoms with Crippen molar-refractivity contribution in [1.29, 1.82) is 0 Å². The minimum Gasteiger partial charge on any atom is -0.457 e. The first-order valence-corrected chi connectivity index (χ1v) is 19.8. The Balaban J connectivity index is 1.64. The molecule has 1 aromatic rings. The number of carbonyl (C=O) groups excluding carboxylic acids is 2. The number of hydrogen-bond acceptors (Lipinski definition) is 13. The summed E-state index contributed by atoms with van der Waals surface area (Å²) < 4.78 is 59.8. The summed E-state index contributed by atoms with van der Waals surface area (Å²) in [4.78, 5) is 23.6. The molecule has 0 aliphatic rings. The summed E-state index contributed by atoms with van der Waals surface area (Å²) >= 11 is 0. The first-order chi connectivity index (χ1) is 26.3. The molecule has 1 rings (SSSR count). The molecule has 0 aliphatic heterocycles. The van der Waals surface area contributed by atoms with Crippen LogP contribution < -0.4 is 0 Å². The number of rotatable bonds is 43. The molecule has 308 valence electrons. The Labute approximate surface area is 318 Å². The van der Waals surface area contributed by atoms with Crippen molar-refractivity contribution in [2.24, 2.45) is 0 Å². The fourth-order valence-electron chi connectivity index (χ4n) is 4.74. The molecule has 0 amide bonds. The van der Waals surface area contributed by atoms with Crippen LogP contribution in [0.5, 0.6) is 0 Å². The van der Waals surface area contributed by atoms with E-state index in [2.05, 4.69) is 6.92 Å². The van der Waals surface area contributed by atoms with Gasteiger partial charge < -0.3 is 52.1 Å². The minimum absolute atomic E-state index is 0.0000266. The van der Waals surface area contributed by atoms with Crippen LogP contribution in [0.4, 0.5) is 0 Å². The molecule has 1 aromatic carbocycles. The summed E-state index contributed by atoms with van der Waals surface area (Å²) in [6.45, 7) is 12.2. The number of ketones is 1. The van der Waals surface area contributed by atoms with Crippen LogP contribution >= 0.6 is 0 Å². The van der Waals surface area contributed by atoms with Gasteiger partial charge in [-0.15, -0.1) is 0 Å². The molecular formula is C40H70O13. The molecule has 0 aliphatic carbocycles. The lowest BCUT2D eigenvalue weighted by Gasteiger charge is -2.09. The second-order valence-corrected chi connectivity index (χ2v) is 12.1. The summed E-state index contributed by atoms with van der Waals surface area (Å²) in [7, 11) is 0. The lowest BCUT2D eigenvalue weighted by atomic mass is 10.1. The highest BCUT2D eigenvalue weighted by Crippen LogP contribution is 2.10. The van der Waals surface area contributed by atoms with E-state index in [1.165, 1.54) is 57.8 Å². The Hall–Kier alpha value is -2.04. The number of hydrogen-bond donors (Lipinski definition) is 0. The van der Waals surface area contributed by atoms with Gasteiger partial charge in [0.15, 0.2) is 0 Å². The lowest BCUT2D eigenvalue weighted by Crippen LogP contribution is -2.20. The van der Waals surface area contributed by atoms with E-state index in [1.54, 1.807) is 30.3 Å². The Morgan fingerprint density at radius 1 is 0.358 bits per heavy atom. The molecule has 13 nitrogen and oxygen atoms in total. The zero-order valence-electron chi connectivity index (χ0n) is 32.6. The van der Waals surface area contributed by atoms with Crippen molar-refractivity contribution in [2.75, 3.05) is 139 Å². The van der Waals surface area contributed by atoms with Crippen molar-refractivity contribution in [3.05, 3.63) is 35.9 Å². The second-order valence-electron chi connectivity index (χ2n) is 12.1. The Morgan fingerprint density at radius 3 is 0.981 bits per heavy atom. The maximum atomic E-state index is 11.9. The molecular weight excluding hydrogens is 688 g/mol. The standard InChI is InChI=1S/C40H70O13/c1-2-3-4-5-6-7-8-9-10-14-17-43-18-19-44-20-21-45-22-23-46-24-25-47-26-27-48-28-29-49-30-31-50-32-33-51-34-35-52-36-37-53-40(42)39(41)38-15-12-11-13-16-38/h11-13,15-16H,2-10,14,17-37H2,1H3. The summed E-state index contributed by atoms with van der Waals surface area (Å²) in [5.74, 6) is -1.57. The molecule has 0 saturated carbocycles. The number of carbonyl (C=O) groups is 2. The van der Waals surface area contributed by atoms with Crippen molar-refractivity contribution >= 4 is 11.8 Å². The van der Waals surface area contributed by atoms with Crippen molar-refractivity contribution in [3.63, 3.8) is 0 Å². The van der Waals surface area contributed by atoms with Crippen LogP contribution in [-0.4, -0.2) is 150 Å². The van der Waals surface area contributed by atoms with E-state index in [1.807, 2.05) is 0 Å². The van der Waals surface area contributed by atoms with Crippen molar-refractivity contribution in [1.82, 2.24) is 0 Å². The minimum atomic E-state index is -0.894. The molecule has 0 N–H and O–H groups in total. The van der Waals surface area contributed by atoms with E-state index >= 15 is 0 Å². The van der Waals surface area contributed by atoms with Crippen LogP contribution in [0.15, 0.2) is 30.3 Å². The largest absolute Gasteiger partial charge is 0.457 e. The SMILES string of the molecule is CCCCCCCCCCCCOCCOCCOCCOCCOCCOCCOCCOCCOCCOCCOC(=O)C(=O)c1ccccc1. The van der Waals surface area contributed by atoms with Gasteiger partial charge in [-0.2, -0.15) is 0 Å². The van der Waals surface area contributed by atoms with Gasteiger partial charge in [0, 0.05) is 12.2 Å². The van der Waals surface area contributed by atoms with Crippen molar-refractivity contribution in [3.8, 4) is 0 Å². The highest BCUT2D eigenvalue weighted by Gasteiger charge is 2.17. The van der Waals surface area contributed by atoms with Gasteiger partial charge >= 0.3 is 5.97 Å². The van der Waals surface area contributed by atoms with Crippen LogP contribution in [-0.2, 0) is 56.9 Å². The van der Waals surface area contributed by atoms with Gasteiger partial charge in [0.2, 0.25) is 0 Å². The first-order valence-electron chi connectivity index (χ1n) is 19.8. The zero-order chi connectivity index (χ0) is 38.0. The molecule has 0 aromatic heterocycles. The van der Waals surface area contributed by atoms with Gasteiger partial charge in [-0.1, -0.05) is 95.0 Å². The Morgan fingerprint density at radius 2 is 0.642 bits per heavy atom.